The van der Waals surface area contributed by atoms with Gasteiger partial charge in [-0.3, -0.25) is 4.98 Å². The van der Waals surface area contributed by atoms with E-state index in [9.17, 15) is 0 Å². The van der Waals surface area contributed by atoms with Crippen LogP contribution >= 0.6 is 35.4 Å². The van der Waals surface area contributed by atoms with E-state index in [1.54, 1.807) is 13.3 Å². The molecule has 33 heavy (non-hydrogen) atoms. The zero-order chi connectivity index (χ0) is 22.9. The van der Waals surface area contributed by atoms with Gasteiger partial charge in [0.05, 0.1) is 23.9 Å². The van der Waals surface area contributed by atoms with E-state index in [4.69, 9.17) is 40.2 Å². The average Bonchev–Trinajstić information content (AvgIpc) is 3.44. The summed E-state index contributed by atoms with van der Waals surface area (Å²) in [5.41, 5.74) is 3.76. The van der Waals surface area contributed by atoms with Gasteiger partial charge in [0.2, 0.25) is 0 Å². The minimum Gasteiger partial charge on any atom is -0.495 e. The Morgan fingerprint density at radius 3 is 2.58 bits per heavy atom. The Labute approximate surface area is 207 Å². The second-order valence-electron chi connectivity index (χ2n) is 7.60. The van der Waals surface area contributed by atoms with Gasteiger partial charge in [-0.1, -0.05) is 35.3 Å². The Bertz CT molecular complexity index is 1310. The predicted octanol–water partition coefficient (Wildman–Crippen LogP) is 6.36. The van der Waals surface area contributed by atoms with Gasteiger partial charge in [0.15, 0.2) is 5.11 Å². The number of halogens is 2. The fraction of sp³-hybridized carbons (Fsp3) is 0.120. The van der Waals surface area contributed by atoms with Crippen molar-refractivity contribution in [3.8, 4) is 11.4 Å². The topological polar surface area (TPSA) is 42.3 Å². The van der Waals surface area contributed by atoms with E-state index < -0.39 is 0 Å². The lowest BCUT2D eigenvalue weighted by Gasteiger charge is -2.29. The Balaban J connectivity index is 1.67. The van der Waals surface area contributed by atoms with E-state index in [0.717, 1.165) is 22.8 Å². The number of hydrogen-bond acceptors (Lipinski definition) is 3. The fourth-order valence-electron chi connectivity index (χ4n) is 4.23. The third-order valence-electron chi connectivity index (χ3n) is 5.68. The Morgan fingerprint density at radius 1 is 0.970 bits per heavy atom. The van der Waals surface area contributed by atoms with Crippen molar-refractivity contribution in [3.05, 3.63) is 107 Å². The van der Waals surface area contributed by atoms with Crippen LogP contribution in [0.3, 0.4) is 0 Å². The lowest BCUT2D eigenvalue weighted by atomic mass is 10.0. The summed E-state index contributed by atoms with van der Waals surface area (Å²) in [6.45, 7) is 0. The van der Waals surface area contributed by atoms with Gasteiger partial charge in [0.1, 0.15) is 11.8 Å². The number of hydrogen-bond donors (Lipinski definition) is 1. The van der Waals surface area contributed by atoms with Crippen LogP contribution in [0.15, 0.2) is 85.2 Å². The molecule has 5 rings (SSSR count). The van der Waals surface area contributed by atoms with Crippen molar-refractivity contribution in [2.75, 3.05) is 12.0 Å². The summed E-state index contributed by atoms with van der Waals surface area (Å²) in [7, 11) is 1.60. The zero-order valence-electron chi connectivity index (χ0n) is 17.7. The molecule has 0 aliphatic carbocycles. The molecule has 0 bridgehead atoms. The van der Waals surface area contributed by atoms with Gasteiger partial charge in [-0.05, 0) is 72.9 Å². The number of pyridine rings is 1. The quantitative estimate of drug-likeness (QED) is 0.326. The number of ether oxygens (including phenoxy) is 1. The molecule has 4 aromatic rings. The Hall–Kier alpha value is -3.06. The van der Waals surface area contributed by atoms with Crippen LogP contribution in [0.1, 0.15) is 23.5 Å². The van der Waals surface area contributed by atoms with Gasteiger partial charge in [0.25, 0.3) is 0 Å². The molecular weight excluding hydrogens is 475 g/mol. The highest BCUT2D eigenvalue weighted by molar-refractivity contribution is 7.80. The van der Waals surface area contributed by atoms with E-state index in [0.29, 0.717) is 20.9 Å². The average molecular weight is 495 g/mol. The first-order valence-corrected chi connectivity index (χ1v) is 11.5. The Kier molecular flexibility index (Phi) is 5.98. The molecule has 1 aliphatic heterocycles. The van der Waals surface area contributed by atoms with Gasteiger partial charge in [-0.25, -0.2) is 0 Å². The molecule has 2 atom stereocenters. The molecule has 0 spiro atoms. The second kappa shape index (κ2) is 9.06. The van der Waals surface area contributed by atoms with E-state index >= 15 is 0 Å². The molecule has 1 aliphatic rings. The summed E-state index contributed by atoms with van der Waals surface area (Å²) in [5.74, 6) is 0.610. The number of nitrogens with zero attached hydrogens (tertiary/aromatic N) is 3. The van der Waals surface area contributed by atoms with Crippen molar-refractivity contribution in [2.24, 2.45) is 0 Å². The van der Waals surface area contributed by atoms with Crippen LogP contribution in [0.5, 0.6) is 5.75 Å². The molecule has 0 saturated carbocycles. The normalized spacial score (nSPS) is 17.8. The molecule has 1 saturated heterocycles. The maximum absolute atomic E-state index is 6.48. The van der Waals surface area contributed by atoms with Gasteiger partial charge in [-0.2, -0.15) is 0 Å². The maximum Gasteiger partial charge on any atom is 0.174 e. The smallest absolute Gasteiger partial charge is 0.174 e. The summed E-state index contributed by atoms with van der Waals surface area (Å²) >= 11 is 18.6. The zero-order valence-corrected chi connectivity index (χ0v) is 20.0. The Morgan fingerprint density at radius 2 is 1.85 bits per heavy atom. The largest absolute Gasteiger partial charge is 0.495 e. The van der Waals surface area contributed by atoms with Crippen molar-refractivity contribution in [2.45, 2.75) is 12.1 Å². The minimum atomic E-state index is -0.189. The molecule has 2 aromatic carbocycles. The van der Waals surface area contributed by atoms with Crippen molar-refractivity contribution in [3.63, 3.8) is 0 Å². The number of nitrogens with one attached hydrogen (secondary N) is 1. The summed E-state index contributed by atoms with van der Waals surface area (Å²) in [6, 6.07) is 23.1. The molecular formula is C25H20Cl2N4OS. The van der Waals surface area contributed by atoms with E-state index in [1.165, 1.54) is 0 Å². The van der Waals surface area contributed by atoms with Crippen molar-refractivity contribution < 1.29 is 4.74 Å². The predicted molar refractivity (Wildman–Crippen MR) is 137 cm³/mol. The summed E-state index contributed by atoms with van der Waals surface area (Å²) < 4.78 is 7.47. The van der Waals surface area contributed by atoms with Crippen LogP contribution in [0.25, 0.3) is 5.69 Å². The molecule has 1 N–H and O–H groups in total. The van der Waals surface area contributed by atoms with Crippen molar-refractivity contribution in [1.82, 2.24) is 14.9 Å². The third kappa shape index (κ3) is 4.06. The fourth-order valence-corrected chi connectivity index (χ4v) is 5.02. The van der Waals surface area contributed by atoms with Crippen molar-refractivity contribution in [1.29, 1.82) is 0 Å². The molecule has 0 radical (unpaired) electrons. The third-order valence-corrected chi connectivity index (χ3v) is 6.53. The molecule has 5 nitrogen and oxygen atoms in total. The van der Waals surface area contributed by atoms with Gasteiger partial charge >= 0.3 is 0 Å². The monoisotopic (exact) mass is 494 g/mol. The molecule has 166 valence electrons. The number of benzene rings is 2. The van der Waals surface area contributed by atoms with Crippen LogP contribution in [0.2, 0.25) is 10.0 Å². The maximum atomic E-state index is 6.48. The van der Waals surface area contributed by atoms with Crippen LogP contribution in [0.4, 0.5) is 5.69 Å². The van der Waals surface area contributed by atoms with Gasteiger partial charge in [-0.15, -0.1) is 0 Å². The van der Waals surface area contributed by atoms with Crippen LogP contribution in [-0.2, 0) is 0 Å². The first kappa shape index (κ1) is 21.8. The highest BCUT2D eigenvalue weighted by atomic mass is 35.5. The standard InChI is InChI=1S/C25H20Cl2N4OS/c1-32-22-11-10-18(15-19(22)27)31-24(23(29-25(31)33)20-8-2-3-12-28-20)21-9-5-13-30(21)17-7-4-6-16(26)14-17/h2-15,23-24H,1H3,(H,29,33)/t23-,24-/m0/s1. The molecule has 0 unspecified atom stereocenters. The number of thiocarbonyl (C=S) groups is 1. The minimum absolute atomic E-state index is 0.174. The lowest BCUT2D eigenvalue weighted by molar-refractivity contribution is 0.415. The van der Waals surface area contributed by atoms with E-state index in [2.05, 4.69) is 25.8 Å². The number of anilines is 1. The number of methoxy groups -OCH3 is 1. The molecule has 3 heterocycles. The van der Waals surface area contributed by atoms with Gasteiger partial charge < -0.3 is 19.5 Å². The lowest BCUT2D eigenvalue weighted by Crippen LogP contribution is -2.30. The molecule has 8 heteroatoms. The number of aromatic nitrogens is 2. The van der Waals surface area contributed by atoms with Crippen LogP contribution < -0.4 is 15.0 Å². The first-order chi connectivity index (χ1) is 16.1. The summed E-state index contributed by atoms with van der Waals surface area (Å²) in [6.07, 6.45) is 3.82. The first-order valence-electron chi connectivity index (χ1n) is 10.3. The highest BCUT2D eigenvalue weighted by Gasteiger charge is 2.42. The van der Waals surface area contributed by atoms with E-state index in [1.807, 2.05) is 72.9 Å². The molecule has 0 amide bonds. The van der Waals surface area contributed by atoms with E-state index in [-0.39, 0.29) is 12.1 Å². The van der Waals surface area contributed by atoms with Gasteiger partial charge in [0, 0.05) is 34.5 Å². The summed E-state index contributed by atoms with van der Waals surface area (Å²) in [5, 5.41) is 5.26. The molecule has 1 fully saturated rings. The van der Waals surface area contributed by atoms with Crippen molar-refractivity contribution >= 4 is 46.2 Å². The SMILES string of the molecule is COc1ccc(N2C(=S)N[C@@H](c3ccccn3)[C@@H]2c2cccn2-c2cccc(Cl)c2)cc1Cl. The van der Waals surface area contributed by atoms with Crippen LogP contribution in [-0.4, -0.2) is 21.8 Å². The highest BCUT2D eigenvalue weighted by Crippen LogP contribution is 2.43. The second-order valence-corrected chi connectivity index (χ2v) is 8.83. The molecule has 2 aromatic heterocycles. The summed E-state index contributed by atoms with van der Waals surface area (Å²) in [4.78, 5) is 6.70. The number of rotatable bonds is 5. The van der Waals surface area contributed by atoms with Crippen LogP contribution in [0, 0.1) is 0 Å².